The van der Waals surface area contributed by atoms with Gasteiger partial charge in [0.2, 0.25) is 5.91 Å². The molecule has 2 N–H and O–H groups in total. The van der Waals surface area contributed by atoms with Crippen molar-refractivity contribution < 1.29 is 19.1 Å². The first-order chi connectivity index (χ1) is 13.7. The molecule has 0 spiro atoms. The van der Waals surface area contributed by atoms with Crippen LogP contribution >= 0.6 is 0 Å². The molecule has 1 atom stereocenters. The Morgan fingerprint density at radius 3 is 2.72 bits per heavy atom. The number of rotatable bonds is 6. The van der Waals surface area contributed by atoms with Crippen molar-refractivity contribution in [2.75, 3.05) is 37.5 Å². The molecule has 0 aromatic carbocycles. The summed E-state index contributed by atoms with van der Waals surface area (Å²) in [5.41, 5.74) is 2.31. The number of hydrogen-bond acceptors (Lipinski definition) is 6. The fourth-order valence-corrected chi connectivity index (χ4v) is 3.40. The maximum Gasteiger partial charge on any atom is 0.356 e. The van der Waals surface area contributed by atoms with Crippen LogP contribution in [-0.4, -0.2) is 48.3 Å². The fraction of sp³-hybridized carbons (Fsp3) is 0.571. The molecular formula is C21H30N4O4. The number of carbonyl (C=O) groups excluding carboxylic acids is 2. The molecule has 2 aromatic rings. The van der Waals surface area contributed by atoms with Crippen LogP contribution in [0.4, 0.5) is 11.4 Å². The molecule has 0 saturated carbocycles. The minimum atomic E-state index is -0.507. The highest BCUT2D eigenvalue weighted by Crippen LogP contribution is 2.33. The monoisotopic (exact) mass is 402 g/mol. The lowest BCUT2D eigenvalue weighted by molar-refractivity contribution is -0.119. The lowest BCUT2D eigenvalue weighted by atomic mass is 9.97. The maximum atomic E-state index is 12.8. The van der Waals surface area contributed by atoms with Gasteiger partial charge in [-0.15, -0.1) is 0 Å². The largest absolute Gasteiger partial charge is 0.464 e. The van der Waals surface area contributed by atoms with Gasteiger partial charge in [-0.1, -0.05) is 20.8 Å². The molecule has 1 unspecified atom stereocenters. The third-order valence-electron chi connectivity index (χ3n) is 4.96. The number of ether oxygens (including phenoxy) is 2. The van der Waals surface area contributed by atoms with Crippen LogP contribution in [0.25, 0.3) is 11.0 Å². The molecule has 0 aliphatic carbocycles. The molecule has 1 amide bonds. The van der Waals surface area contributed by atoms with Crippen molar-refractivity contribution in [3.8, 4) is 0 Å². The smallest absolute Gasteiger partial charge is 0.356 e. The van der Waals surface area contributed by atoms with Gasteiger partial charge in [0, 0.05) is 25.1 Å². The van der Waals surface area contributed by atoms with Crippen molar-refractivity contribution in [2.24, 2.45) is 11.3 Å². The van der Waals surface area contributed by atoms with Gasteiger partial charge < -0.3 is 24.7 Å². The maximum absolute atomic E-state index is 12.8. The SMILES string of the molecule is CCn1c(C(=O)OC)c(NC(=O)C2CCOC2)c2cc(NCC(C)(C)C)cnc21. The van der Waals surface area contributed by atoms with Crippen LogP contribution in [0, 0.1) is 11.3 Å². The fourth-order valence-electron chi connectivity index (χ4n) is 3.40. The van der Waals surface area contributed by atoms with E-state index in [1.807, 2.05) is 13.0 Å². The number of methoxy groups -OCH3 is 1. The molecule has 0 bridgehead atoms. The zero-order chi connectivity index (χ0) is 21.2. The van der Waals surface area contributed by atoms with E-state index < -0.39 is 5.97 Å². The second kappa shape index (κ2) is 8.41. The Morgan fingerprint density at radius 1 is 1.38 bits per heavy atom. The van der Waals surface area contributed by atoms with E-state index >= 15 is 0 Å². The lowest BCUT2D eigenvalue weighted by Crippen LogP contribution is -2.24. The van der Waals surface area contributed by atoms with E-state index in [1.54, 1.807) is 10.8 Å². The minimum Gasteiger partial charge on any atom is -0.464 e. The number of fused-ring (bicyclic) bond motifs is 1. The molecule has 8 nitrogen and oxygen atoms in total. The Bertz CT molecular complexity index is 908. The third kappa shape index (κ3) is 4.53. The average molecular weight is 402 g/mol. The molecule has 1 aliphatic rings. The van der Waals surface area contributed by atoms with E-state index in [-0.39, 0.29) is 17.2 Å². The summed E-state index contributed by atoms with van der Waals surface area (Å²) in [5, 5.41) is 7.05. The molecule has 1 saturated heterocycles. The van der Waals surface area contributed by atoms with Gasteiger partial charge in [0.15, 0.2) is 5.69 Å². The van der Waals surface area contributed by atoms with Crippen molar-refractivity contribution in [1.82, 2.24) is 9.55 Å². The first kappa shape index (κ1) is 21.1. The molecule has 1 fully saturated rings. The van der Waals surface area contributed by atoms with E-state index in [0.29, 0.717) is 48.6 Å². The van der Waals surface area contributed by atoms with Crippen LogP contribution in [0.3, 0.4) is 0 Å². The number of aryl methyl sites for hydroxylation is 1. The van der Waals surface area contributed by atoms with Gasteiger partial charge in [-0.25, -0.2) is 9.78 Å². The van der Waals surface area contributed by atoms with Gasteiger partial charge >= 0.3 is 5.97 Å². The van der Waals surface area contributed by atoms with E-state index in [0.717, 1.165) is 12.2 Å². The highest BCUT2D eigenvalue weighted by molar-refractivity contribution is 6.11. The second-order valence-electron chi connectivity index (χ2n) is 8.52. The summed E-state index contributed by atoms with van der Waals surface area (Å²) in [7, 11) is 1.33. The number of aromatic nitrogens is 2. The first-order valence-electron chi connectivity index (χ1n) is 9.98. The zero-order valence-corrected chi connectivity index (χ0v) is 17.8. The average Bonchev–Trinajstić information content (AvgIpc) is 3.31. The Labute approximate surface area is 171 Å². The number of nitrogens with one attached hydrogen (secondary N) is 2. The van der Waals surface area contributed by atoms with Gasteiger partial charge in [0.1, 0.15) is 5.65 Å². The second-order valence-corrected chi connectivity index (χ2v) is 8.52. The van der Waals surface area contributed by atoms with Crippen LogP contribution < -0.4 is 10.6 Å². The zero-order valence-electron chi connectivity index (χ0n) is 17.8. The standard InChI is InChI=1S/C21H30N4O4/c1-6-25-17(20(27)28-5)16(24-19(26)13-7-8-29-11-13)15-9-14(10-22-18(15)25)23-12-21(2,3)4/h9-10,13,23H,6-8,11-12H2,1-5H3,(H,24,26). The van der Waals surface area contributed by atoms with Gasteiger partial charge in [0.25, 0.3) is 0 Å². The van der Waals surface area contributed by atoms with E-state index in [1.165, 1.54) is 7.11 Å². The summed E-state index contributed by atoms with van der Waals surface area (Å²) < 4.78 is 12.1. The summed E-state index contributed by atoms with van der Waals surface area (Å²) in [5.74, 6) is -0.890. The number of nitrogens with zero attached hydrogens (tertiary/aromatic N) is 2. The summed E-state index contributed by atoms with van der Waals surface area (Å²) in [6.07, 6.45) is 2.42. The highest BCUT2D eigenvalue weighted by Gasteiger charge is 2.29. The van der Waals surface area contributed by atoms with Crippen molar-refractivity contribution in [3.05, 3.63) is 18.0 Å². The molecule has 8 heteroatoms. The number of esters is 1. The molecule has 0 radical (unpaired) electrons. The normalized spacial score (nSPS) is 16.8. The van der Waals surface area contributed by atoms with Crippen LogP contribution in [-0.2, 0) is 20.8 Å². The summed E-state index contributed by atoms with van der Waals surface area (Å²) in [4.78, 5) is 29.9. The number of anilines is 2. The van der Waals surface area contributed by atoms with Crippen molar-refractivity contribution in [3.63, 3.8) is 0 Å². The summed E-state index contributed by atoms with van der Waals surface area (Å²) >= 11 is 0. The number of amides is 1. The number of carbonyl (C=O) groups is 2. The predicted octanol–water partition coefficient (Wildman–Crippen LogP) is 3.28. The quantitative estimate of drug-likeness (QED) is 0.720. The van der Waals surface area contributed by atoms with Crippen LogP contribution in [0.1, 0.15) is 44.6 Å². The Balaban J connectivity index is 2.07. The molecule has 3 rings (SSSR count). The Morgan fingerprint density at radius 2 is 2.14 bits per heavy atom. The molecule has 1 aliphatic heterocycles. The summed E-state index contributed by atoms with van der Waals surface area (Å²) in [6, 6.07) is 1.92. The molecule has 29 heavy (non-hydrogen) atoms. The van der Waals surface area contributed by atoms with Crippen LogP contribution in [0.5, 0.6) is 0 Å². The number of hydrogen-bond donors (Lipinski definition) is 2. The predicted molar refractivity (Wildman–Crippen MR) is 112 cm³/mol. The van der Waals surface area contributed by atoms with Crippen molar-refractivity contribution >= 4 is 34.3 Å². The van der Waals surface area contributed by atoms with Crippen LogP contribution in [0.2, 0.25) is 0 Å². The Hall–Kier alpha value is -2.61. The van der Waals surface area contributed by atoms with Gasteiger partial charge in [-0.3, -0.25) is 4.79 Å². The third-order valence-corrected chi connectivity index (χ3v) is 4.96. The van der Waals surface area contributed by atoms with Gasteiger partial charge in [0.05, 0.1) is 37.2 Å². The lowest BCUT2D eigenvalue weighted by Gasteiger charge is -2.19. The minimum absolute atomic E-state index is 0.0982. The van der Waals surface area contributed by atoms with E-state index in [4.69, 9.17) is 9.47 Å². The highest BCUT2D eigenvalue weighted by atomic mass is 16.5. The molecule has 3 heterocycles. The van der Waals surface area contributed by atoms with Gasteiger partial charge in [-0.2, -0.15) is 0 Å². The summed E-state index contributed by atoms with van der Waals surface area (Å²) in [6.45, 7) is 10.6. The van der Waals surface area contributed by atoms with Gasteiger partial charge in [-0.05, 0) is 24.8 Å². The first-order valence-corrected chi connectivity index (χ1v) is 9.98. The molecule has 158 valence electrons. The van der Waals surface area contributed by atoms with E-state index in [9.17, 15) is 9.59 Å². The van der Waals surface area contributed by atoms with Crippen molar-refractivity contribution in [1.29, 1.82) is 0 Å². The van der Waals surface area contributed by atoms with Crippen LogP contribution in [0.15, 0.2) is 12.3 Å². The topological polar surface area (TPSA) is 94.5 Å². The molecular weight excluding hydrogens is 372 g/mol. The Kier molecular flexibility index (Phi) is 6.12. The van der Waals surface area contributed by atoms with E-state index in [2.05, 4.69) is 36.4 Å². The van der Waals surface area contributed by atoms with Crippen molar-refractivity contribution in [2.45, 2.75) is 40.7 Å². The molecule has 2 aromatic heterocycles. The number of pyridine rings is 1.